The monoisotopic (exact) mass is 727 g/mol. The van der Waals surface area contributed by atoms with Gasteiger partial charge in [-0.05, 0) is 66.4 Å². The average Bonchev–Trinajstić information content (AvgIpc) is 3.49. The second kappa shape index (κ2) is 14.9. The van der Waals surface area contributed by atoms with Crippen LogP contribution >= 0.6 is 39.9 Å². The zero-order valence-corrected chi connectivity index (χ0v) is 28.9. The minimum Gasteiger partial charge on any atom is -0.494 e. The second-order valence-electron chi connectivity index (χ2n) is 11.6. The lowest BCUT2D eigenvalue weighted by Gasteiger charge is -2.36. The summed E-state index contributed by atoms with van der Waals surface area (Å²) in [6, 6.07) is 4.29. The molecule has 2 heterocycles. The van der Waals surface area contributed by atoms with E-state index in [1.807, 2.05) is 20.8 Å². The number of aromatic nitrogens is 2. The number of amides is 3. The molecule has 3 amide bonds. The minimum absolute atomic E-state index is 0. The fourth-order valence-electron chi connectivity index (χ4n) is 4.93. The highest BCUT2D eigenvalue weighted by Gasteiger charge is 2.42. The molecule has 1 aliphatic rings. The zero-order valence-electron chi connectivity index (χ0n) is 25.8. The van der Waals surface area contributed by atoms with Gasteiger partial charge in [-0.25, -0.2) is 14.4 Å². The first-order valence-corrected chi connectivity index (χ1v) is 15.3. The van der Waals surface area contributed by atoms with E-state index >= 15 is 0 Å². The largest absolute Gasteiger partial charge is 0.494 e. The first kappa shape index (κ1) is 36.2. The number of hydrogen-bond acceptors (Lipinski definition) is 8. The summed E-state index contributed by atoms with van der Waals surface area (Å²) in [5.74, 6) is -1.09. The van der Waals surface area contributed by atoms with Crippen molar-refractivity contribution in [2.45, 2.75) is 58.7 Å². The fraction of sp³-hybridized carbons (Fsp3) is 0.433. The Morgan fingerprint density at radius 1 is 1.18 bits per heavy atom. The lowest BCUT2D eigenvalue weighted by atomic mass is 9.85. The number of likely N-dealkylation sites (N-methyl/N-ethyl adjacent to an activating group) is 1. The number of carbonyl (C=O) groups is 3. The standard InChI is InChI=1S/C30H36BrClFN7O4.ClH/c1-15(34-5)27(41)39-25(30(2,3)4)29(43)40-11-7-8-21(40)28(42)38-20-12-16-19(13-22(20)44-6)35-14-36-26(16)37-18-10-9-17(31)23(32)24(18)33;/h9-10,12-15,21,25,34H,7-8,11H2,1-6H3,(H,38,42)(H,39,41)(H,35,36,37);1H/t15-,21-,25+;/m0./s1. The number of nitrogens with zero attached hydrogens (tertiary/aromatic N) is 3. The summed E-state index contributed by atoms with van der Waals surface area (Å²) in [6.45, 7) is 7.68. The van der Waals surface area contributed by atoms with E-state index in [1.165, 1.54) is 24.4 Å². The average molecular weight is 729 g/mol. The summed E-state index contributed by atoms with van der Waals surface area (Å²) in [5, 5.41) is 12.0. The molecule has 2 aromatic carbocycles. The number of halogens is 4. The normalized spacial score (nSPS) is 16.0. The summed E-state index contributed by atoms with van der Waals surface area (Å²) in [4.78, 5) is 50.3. The first-order valence-electron chi connectivity index (χ1n) is 14.1. The van der Waals surface area contributed by atoms with Crippen molar-refractivity contribution in [3.8, 4) is 5.75 Å². The third kappa shape index (κ3) is 7.94. The molecule has 0 spiro atoms. The van der Waals surface area contributed by atoms with Crippen LogP contribution in [0.2, 0.25) is 5.02 Å². The van der Waals surface area contributed by atoms with E-state index in [-0.39, 0.29) is 40.7 Å². The van der Waals surface area contributed by atoms with Crippen LogP contribution in [0.15, 0.2) is 35.1 Å². The Kier molecular flexibility index (Phi) is 12.0. The quantitative estimate of drug-likeness (QED) is 0.214. The van der Waals surface area contributed by atoms with Crippen LogP contribution in [0.4, 0.5) is 21.6 Å². The van der Waals surface area contributed by atoms with Crippen LogP contribution in [0.3, 0.4) is 0 Å². The van der Waals surface area contributed by atoms with Gasteiger partial charge < -0.3 is 30.9 Å². The van der Waals surface area contributed by atoms with Gasteiger partial charge >= 0.3 is 0 Å². The summed E-state index contributed by atoms with van der Waals surface area (Å²) in [5.41, 5.74) is 0.301. The van der Waals surface area contributed by atoms with Crippen LogP contribution in [0.25, 0.3) is 10.9 Å². The second-order valence-corrected chi connectivity index (χ2v) is 12.9. The third-order valence-electron chi connectivity index (χ3n) is 7.57. The number of anilines is 3. The molecule has 4 rings (SSSR count). The first-order chi connectivity index (χ1) is 20.8. The molecule has 0 aliphatic carbocycles. The van der Waals surface area contributed by atoms with Gasteiger partial charge in [-0.2, -0.15) is 0 Å². The molecule has 1 aliphatic heterocycles. The number of nitrogens with one attached hydrogen (secondary N) is 4. The van der Waals surface area contributed by atoms with Crippen molar-refractivity contribution in [1.82, 2.24) is 25.5 Å². The van der Waals surface area contributed by atoms with Crippen molar-refractivity contribution in [1.29, 1.82) is 0 Å². The van der Waals surface area contributed by atoms with Gasteiger partial charge in [0.25, 0.3) is 0 Å². The Bertz CT molecular complexity index is 1590. The lowest BCUT2D eigenvalue weighted by molar-refractivity contribution is -0.143. The Balaban J connectivity index is 0.00000552. The molecule has 1 aromatic heterocycles. The number of benzene rings is 2. The van der Waals surface area contributed by atoms with E-state index in [1.54, 1.807) is 32.2 Å². The molecule has 0 bridgehead atoms. The molecule has 4 N–H and O–H groups in total. The van der Waals surface area contributed by atoms with Gasteiger partial charge in [0, 0.05) is 22.5 Å². The van der Waals surface area contributed by atoms with Gasteiger partial charge in [0.05, 0.1) is 35.1 Å². The number of hydrogen-bond donors (Lipinski definition) is 4. The number of fused-ring (bicyclic) bond motifs is 1. The van der Waals surface area contributed by atoms with Crippen LogP contribution in [-0.4, -0.2) is 71.4 Å². The predicted molar refractivity (Wildman–Crippen MR) is 179 cm³/mol. The summed E-state index contributed by atoms with van der Waals surface area (Å²) in [6.07, 6.45) is 2.40. The van der Waals surface area contributed by atoms with Crippen molar-refractivity contribution in [3.05, 3.63) is 45.9 Å². The van der Waals surface area contributed by atoms with Gasteiger partial charge in [0.2, 0.25) is 17.7 Å². The van der Waals surface area contributed by atoms with E-state index in [0.29, 0.717) is 46.2 Å². The molecular weight excluding hydrogens is 692 g/mol. The maximum Gasteiger partial charge on any atom is 0.247 e. The smallest absolute Gasteiger partial charge is 0.247 e. The van der Waals surface area contributed by atoms with E-state index in [4.69, 9.17) is 16.3 Å². The Hall–Kier alpha value is -3.26. The highest BCUT2D eigenvalue weighted by atomic mass is 79.9. The van der Waals surface area contributed by atoms with Crippen LogP contribution in [0.5, 0.6) is 5.75 Å². The molecule has 3 atom stereocenters. The highest BCUT2D eigenvalue weighted by molar-refractivity contribution is 9.10. The topological polar surface area (TPSA) is 138 Å². The molecule has 1 fully saturated rings. The molecular formula is C30H37BrCl2FN7O4. The SMILES string of the molecule is CN[C@@H](C)C(=O)N[C@H](C(=O)N1CCC[C@H]1C(=O)Nc1cc2c(Nc3ccc(Br)c(Cl)c3F)ncnc2cc1OC)C(C)(C)C.Cl. The van der Waals surface area contributed by atoms with E-state index in [2.05, 4.69) is 47.2 Å². The van der Waals surface area contributed by atoms with Crippen LogP contribution in [0, 0.1) is 11.2 Å². The summed E-state index contributed by atoms with van der Waals surface area (Å²) >= 11 is 9.27. The number of likely N-dealkylation sites (tertiary alicyclic amines) is 1. The summed E-state index contributed by atoms with van der Waals surface area (Å²) in [7, 11) is 3.13. The Labute approximate surface area is 280 Å². The number of ether oxygens (including phenoxy) is 1. The molecule has 15 heteroatoms. The molecule has 0 unspecified atom stereocenters. The Morgan fingerprint density at radius 2 is 1.89 bits per heavy atom. The minimum atomic E-state index is -0.840. The van der Waals surface area contributed by atoms with Gasteiger partial charge in [-0.3, -0.25) is 14.4 Å². The van der Waals surface area contributed by atoms with Gasteiger partial charge in [0.15, 0.2) is 5.82 Å². The number of rotatable bonds is 9. The van der Waals surface area contributed by atoms with E-state index in [0.717, 1.165) is 0 Å². The molecule has 45 heavy (non-hydrogen) atoms. The van der Waals surface area contributed by atoms with Gasteiger partial charge in [0.1, 0.15) is 30.0 Å². The fourth-order valence-corrected chi connectivity index (χ4v) is 5.40. The molecule has 3 aromatic rings. The van der Waals surface area contributed by atoms with Crippen molar-refractivity contribution in [2.24, 2.45) is 5.41 Å². The molecule has 1 saturated heterocycles. The lowest BCUT2D eigenvalue weighted by Crippen LogP contribution is -2.59. The van der Waals surface area contributed by atoms with Gasteiger partial charge in [-0.15, -0.1) is 12.4 Å². The van der Waals surface area contributed by atoms with Crippen molar-refractivity contribution in [2.75, 3.05) is 31.3 Å². The van der Waals surface area contributed by atoms with Gasteiger partial charge in [-0.1, -0.05) is 32.4 Å². The summed E-state index contributed by atoms with van der Waals surface area (Å²) < 4.78 is 20.8. The zero-order chi connectivity index (χ0) is 32.3. The van der Waals surface area contributed by atoms with Crippen LogP contribution < -0.4 is 26.0 Å². The van der Waals surface area contributed by atoms with E-state index < -0.39 is 35.3 Å². The number of carbonyl (C=O) groups excluding carboxylic acids is 3. The molecule has 0 saturated carbocycles. The van der Waals surface area contributed by atoms with Crippen LogP contribution in [0.1, 0.15) is 40.5 Å². The third-order valence-corrected chi connectivity index (χ3v) is 8.83. The van der Waals surface area contributed by atoms with Crippen LogP contribution in [-0.2, 0) is 14.4 Å². The van der Waals surface area contributed by atoms with E-state index in [9.17, 15) is 18.8 Å². The predicted octanol–water partition coefficient (Wildman–Crippen LogP) is 5.43. The highest BCUT2D eigenvalue weighted by Crippen LogP contribution is 2.36. The molecule has 11 nitrogen and oxygen atoms in total. The molecule has 0 radical (unpaired) electrons. The maximum atomic E-state index is 14.8. The molecule has 244 valence electrons. The van der Waals surface area contributed by atoms with Crippen molar-refractivity contribution < 1.29 is 23.5 Å². The van der Waals surface area contributed by atoms with Crippen molar-refractivity contribution >= 4 is 85.8 Å². The maximum absolute atomic E-state index is 14.8. The van der Waals surface area contributed by atoms with Crippen molar-refractivity contribution in [3.63, 3.8) is 0 Å². The number of methoxy groups -OCH3 is 1. The Morgan fingerprint density at radius 3 is 2.53 bits per heavy atom.